The zero-order valence-corrected chi connectivity index (χ0v) is 8.51. The number of hydrogen-bond acceptors (Lipinski definition) is 1. The van der Waals surface area contributed by atoms with Crippen molar-refractivity contribution in [1.82, 2.24) is 5.32 Å². The zero-order valence-electron chi connectivity index (χ0n) is 8.51. The molecule has 0 bridgehead atoms. The fourth-order valence-corrected chi connectivity index (χ4v) is 1.46. The highest BCUT2D eigenvalue weighted by Gasteiger charge is 2.14. The van der Waals surface area contributed by atoms with Crippen LogP contribution in [0.25, 0.3) is 0 Å². The molecule has 0 aliphatic carbocycles. The van der Waals surface area contributed by atoms with Crippen LogP contribution in [0.4, 0.5) is 13.2 Å². The van der Waals surface area contributed by atoms with Crippen molar-refractivity contribution in [3.05, 3.63) is 35.6 Å². The Kier molecular flexibility index (Phi) is 4.62. The van der Waals surface area contributed by atoms with Gasteiger partial charge in [-0.2, -0.15) is 0 Å². The second-order valence-corrected chi connectivity index (χ2v) is 3.28. The molecule has 1 N–H and O–H groups in total. The van der Waals surface area contributed by atoms with E-state index in [1.165, 1.54) is 6.07 Å². The van der Waals surface area contributed by atoms with E-state index in [4.69, 9.17) is 0 Å². The number of hydrogen-bond donors (Lipinski definition) is 1. The van der Waals surface area contributed by atoms with Gasteiger partial charge in [-0.25, -0.2) is 13.2 Å². The van der Waals surface area contributed by atoms with Crippen molar-refractivity contribution in [3.63, 3.8) is 0 Å². The third-order valence-electron chi connectivity index (χ3n) is 2.21. The molecule has 1 atom stereocenters. The van der Waals surface area contributed by atoms with E-state index in [1.54, 1.807) is 18.2 Å². The summed E-state index contributed by atoms with van der Waals surface area (Å²) in [4.78, 5) is 0. The normalized spacial score (nSPS) is 13.1. The number of rotatable bonds is 5. The summed E-state index contributed by atoms with van der Waals surface area (Å²) >= 11 is 0. The molecular formula is C11H14F3N. The van der Waals surface area contributed by atoms with Gasteiger partial charge >= 0.3 is 0 Å². The number of halogens is 3. The van der Waals surface area contributed by atoms with Crippen LogP contribution in [0, 0.1) is 5.82 Å². The lowest BCUT2D eigenvalue weighted by atomic mass is 10.0. The van der Waals surface area contributed by atoms with Crippen molar-refractivity contribution >= 4 is 0 Å². The maximum absolute atomic E-state index is 13.3. The summed E-state index contributed by atoms with van der Waals surface area (Å²) in [5, 5.41) is 2.64. The third-order valence-corrected chi connectivity index (χ3v) is 2.21. The van der Waals surface area contributed by atoms with Gasteiger partial charge < -0.3 is 5.32 Å². The van der Waals surface area contributed by atoms with Crippen LogP contribution in [0.5, 0.6) is 0 Å². The average Bonchev–Trinajstić information content (AvgIpc) is 2.21. The van der Waals surface area contributed by atoms with Crippen LogP contribution in [-0.4, -0.2) is 13.0 Å². The van der Waals surface area contributed by atoms with Gasteiger partial charge in [0.1, 0.15) is 5.82 Å². The third kappa shape index (κ3) is 3.55. The summed E-state index contributed by atoms with van der Waals surface area (Å²) in [6, 6.07) is 5.88. The maximum atomic E-state index is 13.3. The molecule has 0 amide bonds. The molecule has 1 nitrogen and oxygen atoms in total. The SMILES string of the molecule is CCC(NCC(F)F)c1ccccc1F. The maximum Gasteiger partial charge on any atom is 0.250 e. The first-order chi connectivity index (χ1) is 7.15. The highest BCUT2D eigenvalue weighted by molar-refractivity contribution is 5.21. The van der Waals surface area contributed by atoms with Crippen molar-refractivity contribution in [3.8, 4) is 0 Å². The first kappa shape index (κ1) is 12.0. The Bertz CT molecular complexity index is 302. The van der Waals surface area contributed by atoms with Gasteiger partial charge in [0.2, 0.25) is 0 Å². The minimum atomic E-state index is -2.41. The van der Waals surface area contributed by atoms with Crippen molar-refractivity contribution in [2.45, 2.75) is 25.8 Å². The van der Waals surface area contributed by atoms with E-state index < -0.39 is 13.0 Å². The van der Waals surface area contributed by atoms with Gasteiger partial charge in [-0.1, -0.05) is 25.1 Å². The second kappa shape index (κ2) is 5.75. The van der Waals surface area contributed by atoms with E-state index in [9.17, 15) is 13.2 Å². The Balaban J connectivity index is 2.70. The Morgan fingerprint density at radius 2 is 1.93 bits per heavy atom. The Morgan fingerprint density at radius 3 is 2.47 bits per heavy atom. The molecule has 0 fully saturated rings. The molecule has 0 aliphatic heterocycles. The number of benzene rings is 1. The molecule has 1 unspecified atom stereocenters. The lowest BCUT2D eigenvalue weighted by molar-refractivity contribution is 0.140. The van der Waals surface area contributed by atoms with Crippen molar-refractivity contribution in [1.29, 1.82) is 0 Å². The summed E-state index contributed by atoms with van der Waals surface area (Å²) < 4.78 is 37.3. The molecular weight excluding hydrogens is 203 g/mol. The zero-order chi connectivity index (χ0) is 11.3. The van der Waals surface area contributed by atoms with Gasteiger partial charge in [0.05, 0.1) is 6.54 Å². The highest BCUT2D eigenvalue weighted by atomic mass is 19.3. The van der Waals surface area contributed by atoms with E-state index >= 15 is 0 Å². The van der Waals surface area contributed by atoms with E-state index in [1.807, 2.05) is 6.92 Å². The minimum absolute atomic E-state index is 0.347. The van der Waals surface area contributed by atoms with Gasteiger partial charge in [-0.05, 0) is 12.5 Å². The van der Waals surface area contributed by atoms with E-state index in [0.717, 1.165) is 0 Å². The van der Waals surface area contributed by atoms with E-state index in [2.05, 4.69) is 5.32 Å². The molecule has 0 saturated carbocycles. The fourth-order valence-electron chi connectivity index (χ4n) is 1.46. The summed E-state index contributed by atoms with van der Waals surface area (Å²) in [6.07, 6.45) is -1.83. The van der Waals surface area contributed by atoms with Crippen molar-refractivity contribution < 1.29 is 13.2 Å². The molecule has 0 aliphatic rings. The minimum Gasteiger partial charge on any atom is -0.304 e. The van der Waals surface area contributed by atoms with Crippen LogP contribution in [-0.2, 0) is 0 Å². The molecule has 0 spiro atoms. The predicted molar refractivity (Wildman–Crippen MR) is 53.4 cm³/mol. The first-order valence-corrected chi connectivity index (χ1v) is 4.91. The Morgan fingerprint density at radius 1 is 1.27 bits per heavy atom. The van der Waals surface area contributed by atoms with Gasteiger partial charge in [0.25, 0.3) is 6.43 Å². The lowest BCUT2D eigenvalue weighted by Gasteiger charge is -2.17. The summed E-state index contributed by atoms with van der Waals surface area (Å²) in [6.45, 7) is 1.42. The molecule has 84 valence electrons. The fraction of sp³-hybridized carbons (Fsp3) is 0.455. The van der Waals surface area contributed by atoms with Crippen molar-refractivity contribution in [2.75, 3.05) is 6.54 Å². The van der Waals surface area contributed by atoms with Crippen LogP contribution < -0.4 is 5.32 Å². The largest absolute Gasteiger partial charge is 0.304 e. The molecule has 15 heavy (non-hydrogen) atoms. The highest BCUT2D eigenvalue weighted by Crippen LogP contribution is 2.19. The van der Waals surface area contributed by atoms with Gasteiger partial charge in [0, 0.05) is 11.6 Å². The second-order valence-electron chi connectivity index (χ2n) is 3.28. The smallest absolute Gasteiger partial charge is 0.250 e. The summed E-state index contributed by atoms with van der Waals surface area (Å²) in [5.41, 5.74) is 0.445. The van der Waals surface area contributed by atoms with Crippen LogP contribution in [0.1, 0.15) is 24.9 Å². The summed E-state index contributed by atoms with van der Waals surface area (Å²) in [7, 11) is 0. The average molecular weight is 217 g/mol. The van der Waals surface area contributed by atoms with E-state index in [0.29, 0.717) is 12.0 Å². The van der Waals surface area contributed by atoms with Gasteiger partial charge in [0.15, 0.2) is 0 Å². The van der Waals surface area contributed by atoms with Gasteiger partial charge in [-0.3, -0.25) is 0 Å². The number of alkyl halides is 2. The molecule has 1 aromatic carbocycles. The molecule has 4 heteroatoms. The molecule has 0 radical (unpaired) electrons. The Hall–Kier alpha value is -1.03. The topological polar surface area (TPSA) is 12.0 Å². The van der Waals surface area contributed by atoms with Crippen LogP contribution >= 0.6 is 0 Å². The summed E-state index contributed by atoms with van der Waals surface area (Å²) in [5.74, 6) is -0.355. The molecule has 0 aromatic heterocycles. The van der Waals surface area contributed by atoms with Crippen LogP contribution in [0.15, 0.2) is 24.3 Å². The monoisotopic (exact) mass is 217 g/mol. The van der Waals surface area contributed by atoms with Crippen LogP contribution in [0.3, 0.4) is 0 Å². The molecule has 1 aromatic rings. The van der Waals surface area contributed by atoms with Gasteiger partial charge in [-0.15, -0.1) is 0 Å². The molecule has 0 heterocycles. The quantitative estimate of drug-likeness (QED) is 0.799. The lowest BCUT2D eigenvalue weighted by Crippen LogP contribution is -2.26. The number of nitrogens with one attached hydrogen (secondary N) is 1. The molecule has 0 saturated heterocycles. The standard InChI is InChI=1S/C11H14F3N/c1-2-10(15-7-11(13)14)8-5-3-4-6-9(8)12/h3-6,10-11,15H,2,7H2,1H3. The Labute approximate surface area is 87.3 Å². The first-order valence-electron chi connectivity index (χ1n) is 4.91. The van der Waals surface area contributed by atoms with Crippen molar-refractivity contribution in [2.24, 2.45) is 0 Å². The predicted octanol–water partition coefficient (Wildman–Crippen LogP) is 3.13. The van der Waals surface area contributed by atoms with E-state index in [-0.39, 0.29) is 11.9 Å². The molecule has 1 rings (SSSR count). The van der Waals surface area contributed by atoms with Crippen LogP contribution in [0.2, 0.25) is 0 Å².